The summed E-state index contributed by atoms with van der Waals surface area (Å²) in [6.07, 6.45) is 13.7. The van der Waals surface area contributed by atoms with Gasteiger partial charge in [0, 0.05) is 25.7 Å². The average Bonchev–Trinajstić information content (AvgIpc) is 2.73. The Kier molecular flexibility index (Phi) is 9.43. The number of carbonyl (C=O) groups is 1. The summed E-state index contributed by atoms with van der Waals surface area (Å²) in [7, 11) is 0. The van der Waals surface area contributed by atoms with Gasteiger partial charge in [-0.2, -0.15) is 5.11 Å². The van der Waals surface area contributed by atoms with Crippen LogP contribution >= 0.6 is 0 Å². The highest BCUT2D eigenvalue weighted by Gasteiger charge is 2.21. The lowest BCUT2D eigenvalue weighted by atomic mass is 9.85. The molecule has 2 amide bonds. The fourth-order valence-electron chi connectivity index (χ4n) is 3.81. The van der Waals surface area contributed by atoms with Crippen LogP contribution in [0.3, 0.4) is 0 Å². The fraction of sp³-hybridized carbons (Fsp3) is 0.571. The molecule has 1 aliphatic heterocycles. The van der Waals surface area contributed by atoms with Crippen molar-refractivity contribution < 1.29 is 4.79 Å². The third kappa shape index (κ3) is 7.38. The third-order valence-corrected chi connectivity index (χ3v) is 5.55. The Balaban J connectivity index is 1.81. The van der Waals surface area contributed by atoms with Crippen LogP contribution in [0.5, 0.6) is 0 Å². The summed E-state index contributed by atoms with van der Waals surface area (Å²) in [5, 5.41) is 12.5. The molecule has 1 saturated carbocycles. The topological polar surface area (TPSA) is 141 Å². The van der Waals surface area contributed by atoms with Gasteiger partial charge in [-0.05, 0) is 49.0 Å². The zero-order valence-corrected chi connectivity index (χ0v) is 17.3. The first kappa shape index (κ1) is 22.7. The smallest absolute Gasteiger partial charge is 0.315 e. The maximum atomic E-state index is 12.1. The number of nitrogens with one attached hydrogen (secondary N) is 4. The van der Waals surface area contributed by atoms with E-state index in [2.05, 4.69) is 28.0 Å². The van der Waals surface area contributed by atoms with Gasteiger partial charge < -0.3 is 27.4 Å². The van der Waals surface area contributed by atoms with Crippen LogP contribution in [-0.4, -0.2) is 38.3 Å². The summed E-state index contributed by atoms with van der Waals surface area (Å²) in [5.41, 5.74) is 22.2. The predicted molar refractivity (Wildman–Crippen MR) is 116 cm³/mol. The number of allylic oxidation sites excluding steroid dienone is 2. The first-order valence-electron chi connectivity index (χ1n) is 10.4. The van der Waals surface area contributed by atoms with E-state index in [0.29, 0.717) is 37.8 Å². The number of rotatable bonds is 9. The van der Waals surface area contributed by atoms with Gasteiger partial charge in [0.1, 0.15) is 0 Å². The summed E-state index contributed by atoms with van der Waals surface area (Å²) in [5.74, 6) is 0.588. The first-order valence-corrected chi connectivity index (χ1v) is 10.4. The number of amides is 2. The molecule has 8 heteroatoms. The summed E-state index contributed by atoms with van der Waals surface area (Å²) < 4.78 is 0. The van der Waals surface area contributed by atoms with Crippen molar-refractivity contribution in [2.75, 3.05) is 26.2 Å². The largest absolute Gasteiger partial charge is 0.397 e. The molecular formula is C21H35N7O. The van der Waals surface area contributed by atoms with Crippen molar-refractivity contribution in [1.29, 1.82) is 5.53 Å². The van der Waals surface area contributed by atoms with Crippen molar-refractivity contribution in [3.8, 4) is 0 Å². The molecule has 160 valence electrons. The molecule has 0 aromatic carbocycles. The Labute approximate surface area is 173 Å². The van der Waals surface area contributed by atoms with Crippen LogP contribution in [0.4, 0.5) is 4.79 Å². The van der Waals surface area contributed by atoms with Gasteiger partial charge in [-0.15, -0.1) is 0 Å². The standard InChI is InChI=1S/C21H35N7O/c1-15(16-6-3-2-4-7-16)28-21(29)25-10-5-8-20-19(23)12-18(14-26-20)17(13-22)9-11-27-24/h5,8-9,12,15-16,24,26H,2-4,6-7,10-11,13-14,22-23H2,1H3,(H2,25,28,29)/b8-5-,17-9+,27-24?/t15-/m1/s1. The van der Waals surface area contributed by atoms with Gasteiger partial charge in [-0.25, -0.2) is 10.3 Å². The summed E-state index contributed by atoms with van der Waals surface area (Å²) in [6.45, 7) is 3.81. The molecule has 0 radical (unpaired) electrons. The highest BCUT2D eigenvalue weighted by molar-refractivity contribution is 5.74. The average molecular weight is 402 g/mol. The molecule has 1 aliphatic carbocycles. The molecule has 8 N–H and O–H groups in total. The lowest BCUT2D eigenvalue weighted by Crippen LogP contribution is -2.44. The molecule has 0 aromatic rings. The predicted octanol–water partition coefficient (Wildman–Crippen LogP) is 2.43. The number of carbonyl (C=O) groups excluding carboxylic acids is 1. The number of dihydropyridines is 1. The second kappa shape index (κ2) is 12.1. The Morgan fingerprint density at radius 2 is 2.17 bits per heavy atom. The molecule has 2 rings (SSSR count). The molecule has 0 bridgehead atoms. The van der Waals surface area contributed by atoms with E-state index in [1.54, 1.807) is 0 Å². The third-order valence-electron chi connectivity index (χ3n) is 5.55. The molecular weight excluding hydrogens is 366 g/mol. The van der Waals surface area contributed by atoms with Gasteiger partial charge >= 0.3 is 6.03 Å². The van der Waals surface area contributed by atoms with Crippen molar-refractivity contribution in [1.82, 2.24) is 16.0 Å². The van der Waals surface area contributed by atoms with Gasteiger partial charge in [0.25, 0.3) is 0 Å². The van der Waals surface area contributed by atoms with Crippen LogP contribution in [0.15, 0.2) is 52.0 Å². The van der Waals surface area contributed by atoms with E-state index in [1.165, 1.54) is 32.1 Å². The summed E-state index contributed by atoms with van der Waals surface area (Å²) in [4.78, 5) is 12.1. The minimum absolute atomic E-state index is 0.133. The Morgan fingerprint density at radius 3 is 2.83 bits per heavy atom. The Bertz CT molecular complexity index is 687. The minimum Gasteiger partial charge on any atom is -0.397 e. The monoisotopic (exact) mass is 401 g/mol. The van der Waals surface area contributed by atoms with Crippen LogP contribution in [-0.2, 0) is 0 Å². The number of urea groups is 1. The van der Waals surface area contributed by atoms with Gasteiger partial charge in [-0.1, -0.05) is 31.4 Å². The number of hydrogen-bond acceptors (Lipinski definition) is 6. The zero-order valence-electron chi connectivity index (χ0n) is 17.3. The lowest BCUT2D eigenvalue weighted by molar-refractivity contribution is 0.226. The van der Waals surface area contributed by atoms with E-state index in [9.17, 15) is 4.79 Å². The fourth-order valence-corrected chi connectivity index (χ4v) is 3.81. The van der Waals surface area contributed by atoms with Crippen molar-refractivity contribution >= 4 is 6.03 Å². The molecule has 29 heavy (non-hydrogen) atoms. The molecule has 0 aromatic heterocycles. The van der Waals surface area contributed by atoms with E-state index in [4.69, 9.17) is 17.0 Å². The van der Waals surface area contributed by atoms with Crippen LogP contribution in [0.1, 0.15) is 39.0 Å². The SMILES string of the molecule is C[C@@H](NC(=O)NC/C=C\C1=C(N)C=C(/C(=C/CN=N)CN)CN1)C1CCCCC1. The molecule has 8 nitrogen and oxygen atoms in total. The van der Waals surface area contributed by atoms with Crippen LogP contribution in [0.2, 0.25) is 0 Å². The quantitative estimate of drug-likeness (QED) is 0.330. The van der Waals surface area contributed by atoms with Crippen molar-refractivity contribution in [2.45, 2.75) is 45.1 Å². The van der Waals surface area contributed by atoms with Crippen LogP contribution < -0.4 is 27.4 Å². The minimum atomic E-state index is -0.133. The van der Waals surface area contributed by atoms with Gasteiger partial charge in [0.05, 0.1) is 17.9 Å². The second-order valence-electron chi connectivity index (χ2n) is 7.61. The molecule has 0 saturated heterocycles. The van der Waals surface area contributed by atoms with E-state index < -0.39 is 0 Å². The molecule has 1 heterocycles. The Morgan fingerprint density at radius 1 is 1.41 bits per heavy atom. The molecule has 1 atom stereocenters. The van der Waals surface area contributed by atoms with Gasteiger partial charge in [0.2, 0.25) is 0 Å². The normalized spacial score (nSPS) is 19.5. The second-order valence-corrected chi connectivity index (χ2v) is 7.61. The highest BCUT2D eigenvalue weighted by atomic mass is 16.2. The van der Waals surface area contributed by atoms with Crippen LogP contribution in [0.25, 0.3) is 0 Å². The number of nitrogens with zero attached hydrogens (tertiary/aromatic N) is 1. The van der Waals surface area contributed by atoms with Crippen molar-refractivity contribution in [2.24, 2.45) is 22.5 Å². The molecule has 1 fully saturated rings. The van der Waals surface area contributed by atoms with Gasteiger partial charge in [-0.3, -0.25) is 0 Å². The maximum absolute atomic E-state index is 12.1. The van der Waals surface area contributed by atoms with E-state index in [-0.39, 0.29) is 12.1 Å². The molecule has 0 unspecified atom stereocenters. The van der Waals surface area contributed by atoms with E-state index in [0.717, 1.165) is 16.8 Å². The first-order chi connectivity index (χ1) is 14.0. The lowest BCUT2D eigenvalue weighted by Gasteiger charge is -2.28. The summed E-state index contributed by atoms with van der Waals surface area (Å²) >= 11 is 0. The van der Waals surface area contributed by atoms with Crippen molar-refractivity contribution in [3.05, 3.63) is 46.8 Å². The zero-order chi connectivity index (χ0) is 21.1. The molecule has 2 aliphatic rings. The highest BCUT2D eigenvalue weighted by Crippen LogP contribution is 2.26. The van der Waals surface area contributed by atoms with Crippen molar-refractivity contribution in [3.63, 3.8) is 0 Å². The Hall–Kier alpha value is -2.61. The van der Waals surface area contributed by atoms with Gasteiger partial charge in [0.15, 0.2) is 0 Å². The molecule has 0 spiro atoms. The number of hydrogen-bond donors (Lipinski definition) is 6. The number of nitrogens with two attached hydrogens (primary N) is 2. The summed E-state index contributed by atoms with van der Waals surface area (Å²) in [6, 6.07) is 0.0693. The van der Waals surface area contributed by atoms with E-state index in [1.807, 2.05) is 24.3 Å². The maximum Gasteiger partial charge on any atom is 0.315 e. The van der Waals surface area contributed by atoms with E-state index >= 15 is 0 Å². The van der Waals surface area contributed by atoms with Crippen LogP contribution in [0, 0.1) is 11.4 Å².